The Morgan fingerprint density at radius 3 is 2.53 bits per heavy atom. The lowest BCUT2D eigenvalue weighted by atomic mass is 9.88. The van der Waals surface area contributed by atoms with E-state index in [1.807, 2.05) is 0 Å². The van der Waals surface area contributed by atoms with Crippen LogP contribution in [0.4, 0.5) is 0 Å². The average molecular weight is 286 g/mol. The molecule has 112 valence electrons. The maximum atomic E-state index is 5.78. The van der Waals surface area contributed by atoms with Gasteiger partial charge in [0.05, 0.1) is 11.6 Å². The van der Waals surface area contributed by atoms with Gasteiger partial charge in [-0.25, -0.2) is 0 Å². The van der Waals surface area contributed by atoms with E-state index in [0.717, 1.165) is 38.5 Å². The summed E-state index contributed by atoms with van der Waals surface area (Å²) in [6.45, 7) is 9.59. The van der Waals surface area contributed by atoms with E-state index < -0.39 is 0 Å². The average Bonchev–Trinajstić information content (AvgIpc) is 3.16. The van der Waals surface area contributed by atoms with Gasteiger partial charge in [-0.15, -0.1) is 0 Å². The Kier molecular flexibility index (Phi) is 6.71. The SMILES string of the molecule is COCCN(CCCC(C)(C)C(N)=S)C(C)C1CC1. The molecule has 0 aromatic carbocycles. The first kappa shape index (κ1) is 16.9. The van der Waals surface area contributed by atoms with Gasteiger partial charge >= 0.3 is 0 Å². The molecule has 0 radical (unpaired) electrons. The van der Waals surface area contributed by atoms with E-state index in [4.69, 9.17) is 22.7 Å². The summed E-state index contributed by atoms with van der Waals surface area (Å²) in [6, 6.07) is 0.683. The van der Waals surface area contributed by atoms with Crippen LogP contribution < -0.4 is 5.73 Å². The molecule has 0 amide bonds. The Hall–Kier alpha value is -0.190. The van der Waals surface area contributed by atoms with Gasteiger partial charge in [0.25, 0.3) is 0 Å². The number of rotatable bonds is 10. The van der Waals surface area contributed by atoms with Crippen molar-refractivity contribution < 1.29 is 4.74 Å². The Bertz CT molecular complexity index is 290. The van der Waals surface area contributed by atoms with Crippen LogP contribution in [0.5, 0.6) is 0 Å². The number of ether oxygens (including phenoxy) is 1. The van der Waals surface area contributed by atoms with Crippen LogP contribution in [0, 0.1) is 11.3 Å². The van der Waals surface area contributed by atoms with Crippen LogP contribution in [0.25, 0.3) is 0 Å². The van der Waals surface area contributed by atoms with Crippen molar-refractivity contribution >= 4 is 17.2 Å². The summed E-state index contributed by atoms with van der Waals surface area (Å²) in [7, 11) is 1.77. The zero-order valence-electron chi connectivity index (χ0n) is 12.9. The lowest BCUT2D eigenvalue weighted by Crippen LogP contribution is -2.39. The van der Waals surface area contributed by atoms with Gasteiger partial charge in [0.2, 0.25) is 0 Å². The van der Waals surface area contributed by atoms with Crippen LogP contribution >= 0.6 is 12.2 Å². The fourth-order valence-electron chi connectivity index (χ4n) is 2.45. The highest BCUT2D eigenvalue weighted by atomic mass is 32.1. The van der Waals surface area contributed by atoms with Crippen LogP contribution in [0.15, 0.2) is 0 Å². The van der Waals surface area contributed by atoms with E-state index in [-0.39, 0.29) is 5.41 Å². The van der Waals surface area contributed by atoms with E-state index in [1.165, 1.54) is 12.8 Å². The fourth-order valence-corrected chi connectivity index (χ4v) is 2.55. The quantitative estimate of drug-likeness (QED) is 0.627. The van der Waals surface area contributed by atoms with Crippen molar-refractivity contribution in [3.05, 3.63) is 0 Å². The molecule has 0 heterocycles. The maximum Gasteiger partial charge on any atom is 0.0784 e. The first-order chi connectivity index (χ1) is 8.88. The lowest BCUT2D eigenvalue weighted by Gasteiger charge is -2.31. The Morgan fingerprint density at radius 2 is 2.05 bits per heavy atom. The highest BCUT2D eigenvalue weighted by Gasteiger charge is 2.32. The molecular weight excluding hydrogens is 256 g/mol. The molecule has 1 aliphatic rings. The normalized spacial score (nSPS) is 17.7. The van der Waals surface area contributed by atoms with Crippen molar-refractivity contribution in [3.63, 3.8) is 0 Å². The van der Waals surface area contributed by atoms with E-state index in [9.17, 15) is 0 Å². The summed E-state index contributed by atoms with van der Waals surface area (Å²) in [4.78, 5) is 3.20. The van der Waals surface area contributed by atoms with Gasteiger partial charge in [0.1, 0.15) is 0 Å². The van der Waals surface area contributed by atoms with Crippen LogP contribution in [-0.4, -0.2) is 42.7 Å². The molecule has 0 saturated heterocycles. The van der Waals surface area contributed by atoms with E-state index in [0.29, 0.717) is 11.0 Å². The third-order valence-electron chi connectivity index (χ3n) is 4.38. The van der Waals surface area contributed by atoms with E-state index in [2.05, 4.69) is 25.7 Å². The minimum absolute atomic E-state index is 0.0227. The number of thiocarbonyl (C=S) groups is 1. The van der Waals surface area contributed by atoms with Crippen molar-refractivity contribution in [1.82, 2.24) is 4.90 Å². The number of nitrogens with two attached hydrogens (primary N) is 1. The first-order valence-corrected chi connectivity index (χ1v) is 7.82. The Labute approximate surface area is 123 Å². The van der Waals surface area contributed by atoms with Crippen LogP contribution in [0.2, 0.25) is 0 Å². The molecule has 3 nitrogen and oxygen atoms in total. The largest absolute Gasteiger partial charge is 0.393 e. The van der Waals surface area contributed by atoms with E-state index in [1.54, 1.807) is 7.11 Å². The molecule has 1 unspecified atom stereocenters. The summed E-state index contributed by atoms with van der Waals surface area (Å²) in [6.07, 6.45) is 4.99. The third kappa shape index (κ3) is 5.76. The first-order valence-electron chi connectivity index (χ1n) is 7.41. The molecule has 2 N–H and O–H groups in total. The predicted molar refractivity (Wildman–Crippen MR) is 85.4 cm³/mol. The molecule has 0 bridgehead atoms. The van der Waals surface area contributed by atoms with Gasteiger partial charge in [0, 0.05) is 25.1 Å². The maximum absolute atomic E-state index is 5.78. The second-order valence-electron chi connectivity index (χ2n) is 6.46. The zero-order chi connectivity index (χ0) is 14.5. The molecule has 0 aromatic rings. The molecule has 1 fully saturated rings. The summed E-state index contributed by atoms with van der Waals surface area (Å²) in [5.74, 6) is 0.903. The fraction of sp³-hybridized carbons (Fsp3) is 0.933. The Morgan fingerprint density at radius 1 is 1.42 bits per heavy atom. The van der Waals surface area contributed by atoms with Crippen molar-refractivity contribution in [2.45, 2.75) is 52.5 Å². The van der Waals surface area contributed by atoms with Gasteiger partial charge < -0.3 is 10.5 Å². The second-order valence-corrected chi connectivity index (χ2v) is 6.90. The van der Waals surface area contributed by atoms with Crippen molar-refractivity contribution in [2.75, 3.05) is 26.8 Å². The van der Waals surface area contributed by atoms with Gasteiger partial charge in [-0.05, 0) is 45.1 Å². The van der Waals surface area contributed by atoms with Crippen LogP contribution in [0.3, 0.4) is 0 Å². The molecule has 0 aromatic heterocycles. The number of nitrogens with zero attached hydrogens (tertiary/aromatic N) is 1. The number of hydrogen-bond donors (Lipinski definition) is 1. The summed E-state index contributed by atoms with van der Waals surface area (Å²) < 4.78 is 5.23. The molecule has 1 aliphatic carbocycles. The topological polar surface area (TPSA) is 38.5 Å². The summed E-state index contributed by atoms with van der Waals surface area (Å²) >= 11 is 5.13. The molecule has 1 atom stereocenters. The lowest BCUT2D eigenvalue weighted by molar-refractivity contribution is 0.114. The molecular formula is C15H30N2OS. The van der Waals surface area contributed by atoms with Gasteiger partial charge in [0.15, 0.2) is 0 Å². The summed E-state index contributed by atoms with van der Waals surface area (Å²) in [5, 5.41) is 0. The molecule has 4 heteroatoms. The van der Waals surface area contributed by atoms with Crippen molar-refractivity contribution in [2.24, 2.45) is 17.1 Å². The van der Waals surface area contributed by atoms with Crippen molar-refractivity contribution in [1.29, 1.82) is 0 Å². The third-order valence-corrected chi connectivity index (χ3v) is 4.93. The van der Waals surface area contributed by atoms with Crippen molar-refractivity contribution in [3.8, 4) is 0 Å². The molecule has 19 heavy (non-hydrogen) atoms. The molecule has 1 saturated carbocycles. The minimum Gasteiger partial charge on any atom is -0.393 e. The smallest absolute Gasteiger partial charge is 0.0784 e. The Balaban J connectivity index is 2.37. The standard InChI is InChI=1S/C15H30N2OS/c1-12(13-6-7-13)17(10-11-18-4)9-5-8-15(2,3)14(16)19/h12-13H,5-11H2,1-4H3,(H2,16,19). The molecule has 1 rings (SSSR count). The predicted octanol–water partition coefficient (Wildman–Crippen LogP) is 2.83. The second kappa shape index (κ2) is 7.55. The monoisotopic (exact) mass is 286 g/mol. The van der Waals surface area contributed by atoms with Gasteiger partial charge in [-0.1, -0.05) is 26.1 Å². The highest BCUT2D eigenvalue weighted by molar-refractivity contribution is 7.80. The number of methoxy groups -OCH3 is 1. The zero-order valence-corrected chi connectivity index (χ0v) is 13.8. The van der Waals surface area contributed by atoms with Crippen LogP contribution in [-0.2, 0) is 4.74 Å². The molecule has 0 spiro atoms. The summed E-state index contributed by atoms with van der Waals surface area (Å²) in [5.41, 5.74) is 5.76. The van der Waals surface area contributed by atoms with Gasteiger partial charge in [-0.2, -0.15) is 0 Å². The van der Waals surface area contributed by atoms with E-state index >= 15 is 0 Å². The molecule has 0 aliphatic heterocycles. The minimum atomic E-state index is -0.0227. The van der Waals surface area contributed by atoms with Gasteiger partial charge in [-0.3, -0.25) is 4.90 Å². The van der Waals surface area contributed by atoms with Crippen LogP contribution in [0.1, 0.15) is 46.5 Å². The highest BCUT2D eigenvalue weighted by Crippen LogP contribution is 2.35. The number of hydrogen-bond acceptors (Lipinski definition) is 3.